The van der Waals surface area contributed by atoms with Crippen LogP contribution in [0.1, 0.15) is 30.9 Å². The Morgan fingerprint density at radius 3 is 2.64 bits per heavy atom. The first kappa shape index (κ1) is 20.0. The number of hydrogen-bond acceptors (Lipinski definition) is 4. The summed E-state index contributed by atoms with van der Waals surface area (Å²) in [6.07, 6.45) is 4.76. The first-order valence-corrected chi connectivity index (χ1v) is 12.7. The minimum absolute atomic E-state index is 0.189. The molecule has 0 amide bonds. The van der Waals surface area contributed by atoms with Gasteiger partial charge < -0.3 is 13.9 Å². The maximum Gasteiger partial charge on any atom is 0.244 e. The minimum Gasteiger partial charge on any atom is -0.531 e. The number of halogens is 1. The Balaban J connectivity index is 2.19. The molecule has 1 aromatic rings. The van der Waals surface area contributed by atoms with Crippen molar-refractivity contribution in [3.63, 3.8) is 0 Å². The zero-order chi connectivity index (χ0) is 18.3. The molecular weight excluding hydrogens is 354 g/mol. The molecule has 0 atom stereocenters. The highest BCUT2D eigenvalue weighted by molar-refractivity contribution is 6.70. The fourth-order valence-corrected chi connectivity index (χ4v) is 3.44. The Morgan fingerprint density at radius 2 is 2.04 bits per heavy atom. The molecule has 1 heterocycles. The second-order valence-corrected chi connectivity index (χ2v) is 11.7. The van der Waals surface area contributed by atoms with Crippen molar-refractivity contribution < 1.29 is 13.9 Å². The topological polar surface area (TPSA) is 40.0 Å². The lowest BCUT2D eigenvalue weighted by molar-refractivity contribution is 0.0255. The molecule has 1 saturated heterocycles. The summed E-state index contributed by atoms with van der Waals surface area (Å²) < 4.78 is 17.5. The molecule has 6 heteroatoms. The van der Waals surface area contributed by atoms with Gasteiger partial charge in [-0.1, -0.05) is 24.6 Å². The summed E-state index contributed by atoms with van der Waals surface area (Å²) >= 11 is 5.87. The van der Waals surface area contributed by atoms with E-state index >= 15 is 0 Å². The predicted molar refractivity (Wildman–Crippen MR) is 106 cm³/mol. The smallest absolute Gasteiger partial charge is 0.244 e. The van der Waals surface area contributed by atoms with Gasteiger partial charge in [-0.25, -0.2) is 4.99 Å². The van der Waals surface area contributed by atoms with E-state index < -0.39 is 8.32 Å². The number of aliphatic imine (C=N–C) groups is 1. The van der Waals surface area contributed by atoms with Gasteiger partial charge in [0.2, 0.25) is 14.2 Å². The lowest BCUT2D eigenvalue weighted by Crippen LogP contribution is -2.26. The molecule has 138 valence electrons. The first-order chi connectivity index (χ1) is 11.9. The summed E-state index contributed by atoms with van der Waals surface area (Å²) in [6.45, 7) is 9.93. The van der Waals surface area contributed by atoms with Crippen LogP contribution < -0.4 is 4.74 Å². The van der Waals surface area contributed by atoms with Gasteiger partial charge in [0, 0.05) is 24.6 Å². The standard InChI is InChI=1S/C19H28ClNO3Si/c1-5-15-6-7-18(23-17-8-10-22-11-9-17)16(12-15)14-21-19(13-20)24-25(2,3)4/h6-7,12-14,17H,5,8-11H2,1-4H3. The van der Waals surface area contributed by atoms with Gasteiger partial charge in [0.05, 0.1) is 18.7 Å². The number of nitrogens with zero attached hydrogens (tertiary/aromatic N) is 1. The summed E-state index contributed by atoms with van der Waals surface area (Å²) in [6, 6.07) is 6.24. The molecule has 1 aliphatic rings. The predicted octanol–water partition coefficient (Wildman–Crippen LogP) is 5.11. The number of rotatable bonds is 7. The Morgan fingerprint density at radius 1 is 1.32 bits per heavy atom. The maximum atomic E-state index is 6.20. The fourth-order valence-electron chi connectivity index (χ4n) is 2.52. The molecule has 0 N–H and O–H groups in total. The van der Waals surface area contributed by atoms with Crippen LogP contribution in [0.4, 0.5) is 0 Å². The molecule has 2 rings (SSSR count). The number of hydrogen-bond donors (Lipinski definition) is 0. The van der Waals surface area contributed by atoms with Gasteiger partial charge in [-0.3, -0.25) is 0 Å². The van der Waals surface area contributed by atoms with Crippen molar-refractivity contribution in [3.05, 3.63) is 40.7 Å². The lowest BCUT2D eigenvalue weighted by Gasteiger charge is -2.24. The van der Waals surface area contributed by atoms with Gasteiger partial charge in [0.25, 0.3) is 0 Å². The second kappa shape index (κ2) is 9.41. The summed E-state index contributed by atoms with van der Waals surface area (Å²) in [5.74, 6) is 1.29. The molecule has 0 saturated carbocycles. The quantitative estimate of drug-likeness (QED) is 0.374. The van der Waals surface area contributed by atoms with Crippen LogP contribution >= 0.6 is 11.6 Å². The first-order valence-electron chi connectivity index (χ1n) is 8.82. The van der Waals surface area contributed by atoms with Gasteiger partial charge in [-0.15, -0.1) is 0 Å². The highest BCUT2D eigenvalue weighted by atomic mass is 35.5. The molecule has 25 heavy (non-hydrogen) atoms. The van der Waals surface area contributed by atoms with Crippen LogP contribution in [0.3, 0.4) is 0 Å². The van der Waals surface area contributed by atoms with Crippen LogP contribution in [0.2, 0.25) is 19.6 Å². The Bertz CT molecular complexity index is 620. The second-order valence-electron chi connectivity index (χ2n) is 7.08. The minimum atomic E-state index is -1.76. The normalized spacial score (nSPS) is 17.1. The molecule has 0 spiro atoms. The SMILES string of the molecule is CCc1ccc(OC2CCOCC2)c(C=NC(=CCl)O[Si](C)(C)C)c1. The van der Waals surface area contributed by atoms with E-state index in [1.54, 1.807) is 6.21 Å². The molecule has 0 radical (unpaired) electrons. The zero-order valence-electron chi connectivity index (χ0n) is 15.5. The van der Waals surface area contributed by atoms with Crippen molar-refractivity contribution in [2.24, 2.45) is 4.99 Å². The van der Waals surface area contributed by atoms with Crippen LogP contribution in [-0.2, 0) is 15.6 Å². The van der Waals surface area contributed by atoms with Crippen molar-refractivity contribution in [2.75, 3.05) is 13.2 Å². The van der Waals surface area contributed by atoms with E-state index in [1.807, 2.05) is 6.07 Å². The van der Waals surface area contributed by atoms with Crippen molar-refractivity contribution >= 4 is 26.1 Å². The summed E-state index contributed by atoms with van der Waals surface area (Å²) in [4.78, 5) is 4.44. The third kappa shape index (κ3) is 6.84. The van der Waals surface area contributed by atoms with Gasteiger partial charge in [0.15, 0.2) is 0 Å². The summed E-state index contributed by atoms with van der Waals surface area (Å²) in [5, 5.41) is 0. The summed E-state index contributed by atoms with van der Waals surface area (Å²) in [5.41, 5.74) is 3.57. The van der Waals surface area contributed by atoms with Crippen molar-refractivity contribution in [1.29, 1.82) is 0 Å². The lowest BCUT2D eigenvalue weighted by atomic mass is 10.1. The molecule has 4 nitrogen and oxygen atoms in total. The maximum absolute atomic E-state index is 6.20. The van der Waals surface area contributed by atoms with Gasteiger partial charge in [-0.05, 0) is 43.8 Å². The molecule has 1 aromatic carbocycles. The van der Waals surface area contributed by atoms with E-state index in [2.05, 4.69) is 43.7 Å². The van der Waals surface area contributed by atoms with Crippen LogP contribution in [0.5, 0.6) is 5.75 Å². The molecule has 0 unspecified atom stereocenters. The molecular formula is C19H28ClNO3Si. The average molecular weight is 382 g/mol. The highest BCUT2D eigenvalue weighted by Crippen LogP contribution is 2.24. The van der Waals surface area contributed by atoms with Gasteiger partial charge in [-0.2, -0.15) is 0 Å². The summed E-state index contributed by atoms with van der Waals surface area (Å²) in [7, 11) is -1.76. The fraction of sp³-hybridized carbons (Fsp3) is 0.526. The third-order valence-corrected chi connectivity index (χ3v) is 4.79. The van der Waals surface area contributed by atoms with E-state index in [0.29, 0.717) is 5.88 Å². The largest absolute Gasteiger partial charge is 0.531 e. The number of ether oxygens (including phenoxy) is 2. The van der Waals surface area contributed by atoms with E-state index in [9.17, 15) is 0 Å². The van der Waals surface area contributed by atoms with E-state index in [0.717, 1.165) is 43.8 Å². The van der Waals surface area contributed by atoms with E-state index in [-0.39, 0.29) is 6.10 Å². The Hall–Kier alpha value is -1.30. The average Bonchev–Trinajstić information content (AvgIpc) is 2.59. The van der Waals surface area contributed by atoms with Crippen LogP contribution in [-0.4, -0.2) is 33.8 Å². The van der Waals surface area contributed by atoms with Crippen LogP contribution in [0, 0.1) is 0 Å². The van der Waals surface area contributed by atoms with Crippen molar-refractivity contribution in [1.82, 2.24) is 0 Å². The van der Waals surface area contributed by atoms with Gasteiger partial charge in [0.1, 0.15) is 11.9 Å². The molecule has 0 aliphatic carbocycles. The molecule has 1 aliphatic heterocycles. The molecule has 0 bridgehead atoms. The Labute approximate surface area is 157 Å². The number of aryl methyl sites for hydroxylation is 1. The highest BCUT2D eigenvalue weighted by Gasteiger charge is 2.18. The third-order valence-electron chi connectivity index (χ3n) is 3.78. The zero-order valence-corrected chi connectivity index (χ0v) is 17.3. The molecule has 1 fully saturated rings. The van der Waals surface area contributed by atoms with Crippen molar-refractivity contribution in [3.8, 4) is 5.75 Å². The Kier molecular flexibility index (Phi) is 7.53. The van der Waals surface area contributed by atoms with Crippen LogP contribution in [0.15, 0.2) is 34.6 Å². The van der Waals surface area contributed by atoms with E-state index in [4.69, 9.17) is 25.5 Å². The molecule has 0 aromatic heterocycles. The number of benzene rings is 1. The van der Waals surface area contributed by atoms with Gasteiger partial charge >= 0.3 is 0 Å². The monoisotopic (exact) mass is 381 g/mol. The van der Waals surface area contributed by atoms with E-state index in [1.165, 1.54) is 11.1 Å². The van der Waals surface area contributed by atoms with Crippen molar-refractivity contribution in [2.45, 2.75) is 51.9 Å². The van der Waals surface area contributed by atoms with Crippen LogP contribution in [0.25, 0.3) is 0 Å².